The Bertz CT molecular complexity index is 1800. The molecule has 1 amide bonds. The van der Waals surface area contributed by atoms with Crippen molar-refractivity contribution in [1.82, 2.24) is 9.97 Å². The largest absolute Gasteiger partial charge is 0.492 e. The number of ether oxygens (including phenoxy) is 3. The third-order valence-corrected chi connectivity index (χ3v) is 8.49. The number of benzene rings is 3. The summed E-state index contributed by atoms with van der Waals surface area (Å²) in [6.07, 6.45) is 2.22. The minimum Gasteiger partial charge on any atom is -0.492 e. The minimum absolute atomic E-state index is 0.171. The van der Waals surface area contributed by atoms with Crippen LogP contribution in [0.2, 0.25) is 0 Å². The number of nitrogens with zero attached hydrogens (tertiary/aromatic N) is 4. The van der Waals surface area contributed by atoms with Gasteiger partial charge in [-0.05, 0) is 47.1 Å². The predicted octanol–water partition coefficient (Wildman–Crippen LogP) is 5.74. The highest BCUT2D eigenvalue weighted by molar-refractivity contribution is 7.80. The summed E-state index contributed by atoms with van der Waals surface area (Å²) in [5.41, 5.74) is 1.11. The Hall–Kier alpha value is -4.59. The molecule has 1 aliphatic rings. The van der Waals surface area contributed by atoms with Crippen molar-refractivity contribution in [2.75, 3.05) is 54.5 Å². The molecule has 1 saturated heterocycles. The highest BCUT2D eigenvalue weighted by Crippen LogP contribution is 2.41. The van der Waals surface area contributed by atoms with Crippen LogP contribution in [0.1, 0.15) is 50.0 Å². The maximum Gasteiger partial charge on any atom is 0.296 e. The maximum absolute atomic E-state index is 13.7. The number of rotatable bonds is 11. The topological polar surface area (TPSA) is 143 Å². The standard InChI is InChI=1S/C34H39N5O7S/c1-6-15-39(47(42)43)27-21-22(34(2,3)4)20-26(31(27)44-5)36-32(41)30(40)25-11-12-28(24-10-8-7-9-23(24)25)46-29-13-14-35-33(37-29)38-16-18-45-19-17-38/h7-14,20-21H,6,15-19H2,1-5H3,(H,36,41)(H,42,43). The van der Waals surface area contributed by atoms with Gasteiger partial charge in [0.05, 0.1) is 31.7 Å². The zero-order valence-corrected chi connectivity index (χ0v) is 27.9. The lowest BCUT2D eigenvalue weighted by Gasteiger charge is -2.27. The second kappa shape index (κ2) is 14.4. The number of ketones is 1. The molecule has 0 saturated carbocycles. The van der Waals surface area contributed by atoms with E-state index >= 15 is 0 Å². The van der Waals surface area contributed by atoms with Gasteiger partial charge in [0.15, 0.2) is 5.75 Å². The molecule has 1 aromatic heterocycles. The lowest BCUT2D eigenvalue weighted by molar-refractivity contribution is -0.112. The molecule has 0 spiro atoms. The first kappa shape index (κ1) is 33.8. The number of carbonyl (C=O) groups excluding carboxylic acids is 2. The highest BCUT2D eigenvalue weighted by Gasteiger charge is 2.28. The van der Waals surface area contributed by atoms with Crippen molar-refractivity contribution in [3.8, 4) is 17.4 Å². The number of morpholine rings is 1. The fraction of sp³-hybridized carbons (Fsp3) is 0.353. The smallest absolute Gasteiger partial charge is 0.296 e. The first-order valence-corrected chi connectivity index (χ1v) is 16.4. The molecular weight excluding hydrogens is 622 g/mol. The van der Waals surface area contributed by atoms with Crippen LogP contribution < -0.4 is 24.0 Å². The molecule has 1 unspecified atom stereocenters. The van der Waals surface area contributed by atoms with E-state index in [0.717, 1.165) is 5.56 Å². The number of carbonyl (C=O) groups is 2. The van der Waals surface area contributed by atoms with Crippen LogP contribution in [0, 0.1) is 0 Å². The molecule has 1 aliphatic heterocycles. The summed E-state index contributed by atoms with van der Waals surface area (Å²) in [7, 11) is 1.41. The van der Waals surface area contributed by atoms with Crippen molar-refractivity contribution in [2.24, 2.45) is 0 Å². The van der Waals surface area contributed by atoms with E-state index in [4.69, 9.17) is 14.2 Å². The second-order valence-corrected chi connectivity index (χ2v) is 12.9. The van der Waals surface area contributed by atoms with Gasteiger partial charge >= 0.3 is 0 Å². The van der Waals surface area contributed by atoms with Crippen molar-refractivity contribution >= 4 is 51.1 Å². The fourth-order valence-corrected chi connectivity index (χ4v) is 5.95. The Morgan fingerprint density at radius 1 is 1.09 bits per heavy atom. The van der Waals surface area contributed by atoms with E-state index in [0.29, 0.717) is 66.8 Å². The molecule has 12 nitrogen and oxygen atoms in total. The van der Waals surface area contributed by atoms with Gasteiger partial charge in [0, 0.05) is 42.8 Å². The zero-order valence-electron chi connectivity index (χ0n) is 27.1. The SMILES string of the molecule is CCCN(c1cc(C(C)(C)C)cc(NC(=O)C(=O)c2ccc(Oc3ccnc(N4CCOCC4)n3)c3ccccc23)c1OC)S(=O)O. The number of fused-ring (bicyclic) bond motifs is 1. The van der Waals surface area contributed by atoms with E-state index in [2.05, 4.69) is 15.3 Å². The van der Waals surface area contributed by atoms with Crippen LogP contribution in [-0.4, -0.2) is 70.4 Å². The minimum atomic E-state index is -2.35. The summed E-state index contributed by atoms with van der Waals surface area (Å²) >= 11 is -2.35. The monoisotopic (exact) mass is 661 g/mol. The van der Waals surface area contributed by atoms with Gasteiger partial charge < -0.3 is 24.4 Å². The average molecular weight is 662 g/mol. The number of nitrogens with one attached hydrogen (secondary N) is 1. The number of aromatic nitrogens is 2. The van der Waals surface area contributed by atoms with Crippen LogP contribution in [0.4, 0.5) is 17.3 Å². The number of hydrogen-bond acceptors (Lipinski definition) is 9. The Labute approximate surface area is 276 Å². The van der Waals surface area contributed by atoms with E-state index in [1.807, 2.05) is 44.7 Å². The first-order valence-electron chi connectivity index (χ1n) is 15.3. The van der Waals surface area contributed by atoms with Crippen LogP contribution in [0.25, 0.3) is 10.8 Å². The van der Waals surface area contributed by atoms with Gasteiger partial charge in [-0.15, -0.1) is 0 Å². The van der Waals surface area contributed by atoms with Gasteiger partial charge in [-0.1, -0.05) is 52.0 Å². The van der Waals surface area contributed by atoms with Gasteiger partial charge in [-0.2, -0.15) is 4.98 Å². The average Bonchev–Trinajstić information content (AvgIpc) is 3.06. The lowest BCUT2D eigenvalue weighted by Crippen LogP contribution is -2.37. The molecule has 4 aromatic rings. The molecule has 0 bridgehead atoms. The van der Waals surface area contributed by atoms with E-state index in [1.165, 1.54) is 11.4 Å². The molecule has 248 valence electrons. The van der Waals surface area contributed by atoms with Crippen LogP contribution in [0.3, 0.4) is 0 Å². The van der Waals surface area contributed by atoms with Crippen molar-refractivity contribution < 1.29 is 32.6 Å². The van der Waals surface area contributed by atoms with Crippen molar-refractivity contribution in [1.29, 1.82) is 0 Å². The van der Waals surface area contributed by atoms with Crippen molar-refractivity contribution in [3.05, 3.63) is 71.9 Å². The van der Waals surface area contributed by atoms with Gasteiger partial charge in [0.25, 0.3) is 23.0 Å². The second-order valence-electron chi connectivity index (χ2n) is 12.0. The van der Waals surface area contributed by atoms with Crippen LogP contribution in [-0.2, 0) is 26.2 Å². The summed E-state index contributed by atoms with van der Waals surface area (Å²) in [4.78, 5) is 38.3. The molecule has 1 fully saturated rings. The molecule has 0 radical (unpaired) electrons. The predicted molar refractivity (Wildman–Crippen MR) is 182 cm³/mol. The first-order chi connectivity index (χ1) is 22.5. The molecule has 1 atom stereocenters. The maximum atomic E-state index is 13.7. The van der Waals surface area contributed by atoms with Gasteiger partial charge in [0.1, 0.15) is 5.75 Å². The Kier molecular flexibility index (Phi) is 10.4. The number of amides is 1. The van der Waals surface area contributed by atoms with Gasteiger partial charge in [-0.25, -0.2) is 9.19 Å². The third-order valence-electron chi connectivity index (χ3n) is 7.73. The van der Waals surface area contributed by atoms with Gasteiger partial charge in [0.2, 0.25) is 11.8 Å². The Morgan fingerprint density at radius 3 is 2.47 bits per heavy atom. The molecule has 2 heterocycles. The Balaban J connectivity index is 1.46. The normalized spacial score (nSPS) is 14.0. The van der Waals surface area contributed by atoms with Crippen molar-refractivity contribution in [2.45, 2.75) is 39.5 Å². The van der Waals surface area contributed by atoms with Crippen LogP contribution in [0.15, 0.2) is 60.8 Å². The number of anilines is 3. The number of hydrogen-bond donors (Lipinski definition) is 2. The Morgan fingerprint density at radius 2 is 1.81 bits per heavy atom. The molecule has 13 heteroatoms. The molecule has 5 rings (SSSR count). The van der Waals surface area contributed by atoms with Crippen LogP contribution in [0.5, 0.6) is 17.4 Å². The van der Waals surface area contributed by atoms with Crippen molar-refractivity contribution in [3.63, 3.8) is 0 Å². The van der Waals surface area contributed by atoms with E-state index in [1.54, 1.807) is 48.7 Å². The number of Topliss-reactive ketones (excluding diaryl/α,β-unsaturated/α-hetero) is 1. The summed E-state index contributed by atoms with van der Waals surface area (Å²) in [5, 5.41) is 3.86. The summed E-state index contributed by atoms with van der Waals surface area (Å²) < 4.78 is 40.9. The van der Waals surface area contributed by atoms with Crippen LogP contribution >= 0.6 is 0 Å². The van der Waals surface area contributed by atoms with E-state index < -0.39 is 28.4 Å². The molecule has 2 N–H and O–H groups in total. The highest BCUT2D eigenvalue weighted by atomic mass is 32.2. The van der Waals surface area contributed by atoms with E-state index in [-0.39, 0.29) is 23.5 Å². The lowest BCUT2D eigenvalue weighted by atomic mass is 9.86. The van der Waals surface area contributed by atoms with E-state index in [9.17, 15) is 18.4 Å². The molecule has 47 heavy (non-hydrogen) atoms. The van der Waals surface area contributed by atoms with Gasteiger partial charge in [-0.3, -0.25) is 18.4 Å². The third kappa shape index (κ3) is 7.53. The number of methoxy groups -OCH3 is 1. The summed E-state index contributed by atoms with van der Waals surface area (Å²) in [6.45, 7) is 10.6. The summed E-state index contributed by atoms with van der Waals surface area (Å²) in [5.74, 6) is -0.157. The molecule has 3 aromatic carbocycles. The summed E-state index contributed by atoms with van der Waals surface area (Å²) in [6, 6.07) is 15.5. The fourth-order valence-electron chi connectivity index (χ4n) is 5.30. The molecule has 0 aliphatic carbocycles. The molecular formula is C34H39N5O7S. The quantitative estimate of drug-likeness (QED) is 0.116. The zero-order chi connectivity index (χ0) is 33.7.